The Labute approximate surface area is 233 Å². The van der Waals surface area contributed by atoms with E-state index in [9.17, 15) is 19.7 Å². The quantitative estimate of drug-likeness (QED) is 0.342. The van der Waals surface area contributed by atoms with Crippen molar-refractivity contribution in [1.82, 2.24) is 19.5 Å². The van der Waals surface area contributed by atoms with Crippen molar-refractivity contribution >= 4 is 46.6 Å². The Morgan fingerprint density at radius 1 is 1.23 bits per heavy atom. The molecule has 2 aliphatic rings. The van der Waals surface area contributed by atoms with Crippen molar-refractivity contribution in [3.8, 4) is 5.75 Å². The summed E-state index contributed by atoms with van der Waals surface area (Å²) in [6.45, 7) is 4.18. The minimum atomic E-state index is -0.590. The number of nitro benzene ring substituents is 1. The van der Waals surface area contributed by atoms with Crippen molar-refractivity contribution in [3.05, 3.63) is 85.9 Å². The normalized spacial score (nSPS) is 19.2. The lowest BCUT2D eigenvalue weighted by Gasteiger charge is -2.35. The zero-order chi connectivity index (χ0) is 27.7. The van der Waals surface area contributed by atoms with Gasteiger partial charge in [-0.05, 0) is 55.2 Å². The number of amidine groups is 1. The largest absolute Gasteiger partial charge is 0.490 e. The van der Waals surface area contributed by atoms with Crippen LogP contribution in [0.25, 0.3) is 0 Å². The molecule has 0 bridgehead atoms. The fraction of sp³-hybridized carbons (Fsp3) is 0.308. The van der Waals surface area contributed by atoms with Crippen LogP contribution in [0, 0.1) is 10.1 Å². The number of benzene rings is 2. The second-order valence-corrected chi connectivity index (χ2v) is 10.6. The number of nitro groups is 1. The maximum Gasteiger partial charge on any atom is 0.326 e. The molecule has 2 aromatic carbocycles. The molecule has 0 radical (unpaired) electrons. The summed E-state index contributed by atoms with van der Waals surface area (Å²) in [5, 5.41) is 14.8. The second kappa shape index (κ2) is 11.0. The number of hydrogen-bond acceptors (Lipinski definition) is 8. The number of hydrogen-bond donors (Lipinski definition) is 1. The number of carbonyl (C=O) groups is 2. The van der Waals surface area contributed by atoms with Gasteiger partial charge in [0.25, 0.3) is 5.69 Å². The Balaban J connectivity index is 1.70. The lowest BCUT2D eigenvalue weighted by Crippen LogP contribution is -2.55. The van der Waals surface area contributed by atoms with E-state index in [1.807, 2.05) is 32.0 Å². The van der Waals surface area contributed by atoms with Crippen LogP contribution in [0.15, 0.2) is 59.7 Å². The number of ether oxygens (including phenoxy) is 1. The Hall–Kier alpha value is -4.03. The maximum atomic E-state index is 14.2. The summed E-state index contributed by atoms with van der Waals surface area (Å²) in [6.07, 6.45) is 1.36. The standard InChI is InChI=1S/C26H25ClN6O5S/c1-15(2)38-20-13-18(33(36)37)7-8-19(20)25-30-23(16-3-5-17(27)6-4-16)24(21-9-10-29-39-21)32(25)26(35)31-12-11-28-22(34)14-31/h3-10,13,15,23-24H,11-12,14H2,1-2H3,(H,28,34)/t23-,24+/m0/s1. The van der Waals surface area contributed by atoms with Crippen molar-refractivity contribution in [2.45, 2.75) is 32.0 Å². The second-order valence-electron chi connectivity index (χ2n) is 9.34. The average molecular weight is 569 g/mol. The van der Waals surface area contributed by atoms with Crippen LogP contribution < -0.4 is 10.1 Å². The third-order valence-electron chi connectivity index (χ3n) is 6.32. The van der Waals surface area contributed by atoms with Gasteiger partial charge in [0.2, 0.25) is 5.91 Å². The summed E-state index contributed by atoms with van der Waals surface area (Å²) >= 11 is 7.41. The molecule has 1 fully saturated rings. The van der Waals surface area contributed by atoms with E-state index >= 15 is 0 Å². The minimum Gasteiger partial charge on any atom is -0.490 e. The Bertz CT molecular complexity index is 1430. The van der Waals surface area contributed by atoms with Crippen LogP contribution in [0.1, 0.15) is 41.9 Å². The van der Waals surface area contributed by atoms with Gasteiger partial charge in [0, 0.05) is 30.4 Å². The molecule has 2 atom stereocenters. The highest BCUT2D eigenvalue weighted by Gasteiger charge is 2.46. The number of nitrogens with one attached hydrogen (secondary N) is 1. The summed E-state index contributed by atoms with van der Waals surface area (Å²) < 4.78 is 10.3. The monoisotopic (exact) mass is 568 g/mol. The summed E-state index contributed by atoms with van der Waals surface area (Å²) in [6, 6.07) is 11.8. The highest BCUT2D eigenvalue weighted by molar-refractivity contribution is 7.05. The fourth-order valence-corrected chi connectivity index (χ4v) is 5.47. The molecule has 5 rings (SSSR count). The van der Waals surface area contributed by atoms with E-state index in [0.717, 1.165) is 10.4 Å². The van der Waals surface area contributed by atoms with Gasteiger partial charge < -0.3 is 15.0 Å². The van der Waals surface area contributed by atoms with Gasteiger partial charge in [-0.3, -0.25) is 24.8 Å². The first kappa shape index (κ1) is 26.6. The molecule has 0 aliphatic carbocycles. The lowest BCUT2D eigenvalue weighted by molar-refractivity contribution is -0.384. The van der Waals surface area contributed by atoms with Crippen LogP contribution >= 0.6 is 23.1 Å². The number of amides is 3. The van der Waals surface area contributed by atoms with Crippen LogP contribution in [-0.2, 0) is 4.79 Å². The molecule has 3 aromatic rings. The molecule has 1 aromatic heterocycles. The molecule has 1 saturated heterocycles. The van der Waals surface area contributed by atoms with Crippen LogP contribution in [0.5, 0.6) is 5.75 Å². The Morgan fingerprint density at radius 2 is 2.00 bits per heavy atom. The summed E-state index contributed by atoms with van der Waals surface area (Å²) in [7, 11) is 0. The van der Waals surface area contributed by atoms with Gasteiger partial charge in [-0.25, -0.2) is 9.17 Å². The molecule has 13 heteroatoms. The lowest BCUT2D eigenvalue weighted by atomic mass is 9.98. The van der Waals surface area contributed by atoms with Gasteiger partial charge in [-0.2, -0.15) is 0 Å². The number of aliphatic imine (C=N–C) groups is 1. The molecule has 3 heterocycles. The first-order valence-electron chi connectivity index (χ1n) is 12.3. The van der Waals surface area contributed by atoms with Crippen LogP contribution in [0.2, 0.25) is 5.02 Å². The van der Waals surface area contributed by atoms with E-state index in [0.29, 0.717) is 23.7 Å². The maximum absolute atomic E-state index is 14.2. The predicted molar refractivity (Wildman–Crippen MR) is 146 cm³/mol. The predicted octanol–water partition coefficient (Wildman–Crippen LogP) is 4.59. The number of carbonyl (C=O) groups excluding carboxylic acids is 2. The van der Waals surface area contributed by atoms with E-state index in [-0.39, 0.29) is 35.8 Å². The summed E-state index contributed by atoms with van der Waals surface area (Å²) in [5.41, 5.74) is 1.09. The van der Waals surface area contributed by atoms with Gasteiger partial charge >= 0.3 is 6.03 Å². The van der Waals surface area contributed by atoms with E-state index in [1.165, 1.54) is 28.6 Å². The van der Waals surface area contributed by atoms with Crippen molar-refractivity contribution < 1.29 is 19.2 Å². The van der Waals surface area contributed by atoms with E-state index < -0.39 is 23.0 Å². The van der Waals surface area contributed by atoms with Gasteiger partial charge in [0.1, 0.15) is 30.2 Å². The number of rotatable bonds is 6. The number of piperazine rings is 1. The van der Waals surface area contributed by atoms with Gasteiger partial charge in [-0.15, -0.1) is 0 Å². The molecule has 0 spiro atoms. The molecule has 202 valence electrons. The highest BCUT2D eigenvalue weighted by Crippen LogP contribution is 2.46. The molecule has 2 aliphatic heterocycles. The molecular formula is C26H25ClN6O5S. The SMILES string of the molecule is CC(C)Oc1cc([N+](=O)[O-])ccc1C1=N[C@@H](c2ccc(Cl)cc2)[C@@H](c2ccns2)N1C(=O)N1CCNC(=O)C1. The van der Waals surface area contributed by atoms with Crippen LogP contribution in [0.4, 0.5) is 10.5 Å². The Kier molecular flexibility index (Phi) is 7.49. The zero-order valence-corrected chi connectivity index (χ0v) is 22.7. The molecule has 11 nitrogen and oxygen atoms in total. The van der Waals surface area contributed by atoms with Crippen molar-refractivity contribution in [1.29, 1.82) is 0 Å². The van der Waals surface area contributed by atoms with Crippen molar-refractivity contribution in [2.75, 3.05) is 19.6 Å². The number of halogens is 1. The number of nitrogens with zero attached hydrogens (tertiary/aromatic N) is 5. The molecular weight excluding hydrogens is 544 g/mol. The first-order chi connectivity index (χ1) is 18.7. The third kappa shape index (κ3) is 5.43. The van der Waals surface area contributed by atoms with Crippen molar-refractivity contribution in [2.24, 2.45) is 4.99 Å². The first-order valence-corrected chi connectivity index (χ1v) is 13.4. The fourth-order valence-electron chi connectivity index (χ4n) is 4.64. The van der Waals surface area contributed by atoms with E-state index in [1.54, 1.807) is 29.3 Å². The topological polar surface area (TPSA) is 130 Å². The van der Waals surface area contributed by atoms with Gasteiger partial charge in [0.05, 0.1) is 27.5 Å². The average Bonchev–Trinajstić information content (AvgIpc) is 3.56. The van der Waals surface area contributed by atoms with Gasteiger partial charge in [-0.1, -0.05) is 23.7 Å². The molecule has 0 saturated carbocycles. The Morgan fingerprint density at radius 3 is 2.64 bits per heavy atom. The number of non-ortho nitro benzene ring substituents is 1. The number of aromatic nitrogens is 1. The third-order valence-corrected chi connectivity index (χ3v) is 7.39. The smallest absolute Gasteiger partial charge is 0.326 e. The number of urea groups is 1. The van der Waals surface area contributed by atoms with Crippen LogP contribution in [-0.4, -0.2) is 62.6 Å². The van der Waals surface area contributed by atoms with E-state index in [4.69, 9.17) is 21.3 Å². The van der Waals surface area contributed by atoms with Gasteiger partial charge in [0.15, 0.2) is 0 Å². The minimum absolute atomic E-state index is 0.0980. The van der Waals surface area contributed by atoms with Crippen molar-refractivity contribution in [3.63, 3.8) is 0 Å². The molecule has 39 heavy (non-hydrogen) atoms. The summed E-state index contributed by atoms with van der Waals surface area (Å²) in [5.74, 6) is 0.261. The summed E-state index contributed by atoms with van der Waals surface area (Å²) in [4.78, 5) is 46.3. The molecule has 3 amide bonds. The molecule has 1 N–H and O–H groups in total. The van der Waals surface area contributed by atoms with Crippen LogP contribution in [0.3, 0.4) is 0 Å². The molecule has 0 unspecified atom stereocenters. The zero-order valence-electron chi connectivity index (χ0n) is 21.1. The van der Waals surface area contributed by atoms with E-state index in [2.05, 4.69) is 9.69 Å². The highest BCUT2D eigenvalue weighted by atomic mass is 35.5.